The number of thiazole rings is 1. The SMILES string of the molecule is Cc1ncc(C(=O)NCC(C)CO)s1. The predicted octanol–water partition coefficient (Wildman–Crippen LogP) is 0.810. The number of aliphatic hydroxyl groups excluding tert-OH is 1. The summed E-state index contributed by atoms with van der Waals surface area (Å²) in [7, 11) is 0. The quantitative estimate of drug-likeness (QED) is 0.779. The summed E-state index contributed by atoms with van der Waals surface area (Å²) in [5, 5.41) is 12.4. The number of hydrogen-bond donors (Lipinski definition) is 2. The maximum atomic E-state index is 11.5. The molecule has 0 aromatic carbocycles. The molecule has 0 aliphatic rings. The Morgan fingerprint density at radius 1 is 1.79 bits per heavy atom. The molecule has 14 heavy (non-hydrogen) atoms. The third-order valence-electron chi connectivity index (χ3n) is 1.77. The van der Waals surface area contributed by atoms with E-state index in [4.69, 9.17) is 5.11 Å². The Morgan fingerprint density at radius 2 is 2.50 bits per heavy atom. The summed E-state index contributed by atoms with van der Waals surface area (Å²) in [6, 6.07) is 0. The van der Waals surface area contributed by atoms with Gasteiger partial charge in [-0.25, -0.2) is 4.98 Å². The van der Waals surface area contributed by atoms with E-state index in [1.807, 2.05) is 13.8 Å². The van der Waals surface area contributed by atoms with Crippen LogP contribution in [-0.4, -0.2) is 29.1 Å². The number of aryl methyl sites for hydroxylation is 1. The van der Waals surface area contributed by atoms with Crippen LogP contribution >= 0.6 is 11.3 Å². The zero-order valence-electron chi connectivity index (χ0n) is 8.28. The molecule has 1 amide bonds. The van der Waals surface area contributed by atoms with E-state index in [1.165, 1.54) is 11.3 Å². The van der Waals surface area contributed by atoms with Crippen molar-refractivity contribution in [3.05, 3.63) is 16.1 Å². The largest absolute Gasteiger partial charge is 0.396 e. The molecule has 4 nitrogen and oxygen atoms in total. The molecule has 1 rings (SSSR count). The Bertz CT molecular complexity index is 312. The van der Waals surface area contributed by atoms with Gasteiger partial charge in [-0.3, -0.25) is 4.79 Å². The Morgan fingerprint density at radius 3 is 3.00 bits per heavy atom. The van der Waals surface area contributed by atoms with Crippen molar-refractivity contribution < 1.29 is 9.90 Å². The molecule has 0 radical (unpaired) electrons. The summed E-state index contributed by atoms with van der Waals surface area (Å²) in [4.78, 5) is 16.1. The Balaban J connectivity index is 2.43. The Labute approximate surface area is 87.0 Å². The highest BCUT2D eigenvalue weighted by Gasteiger charge is 2.09. The van der Waals surface area contributed by atoms with E-state index >= 15 is 0 Å². The molecule has 0 bridgehead atoms. The average molecular weight is 214 g/mol. The van der Waals surface area contributed by atoms with Crippen LogP contribution in [0.3, 0.4) is 0 Å². The highest BCUT2D eigenvalue weighted by Crippen LogP contribution is 2.10. The van der Waals surface area contributed by atoms with Crippen molar-refractivity contribution in [1.82, 2.24) is 10.3 Å². The standard InChI is InChI=1S/C9H14N2O2S/c1-6(5-12)3-11-9(13)8-4-10-7(2)14-8/h4,6,12H,3,5H2,1-2H3,(H,11,13). The number of amides is 1. The molecule has 1 unspecified atom stereocenters. The topological polar surface area (TPSA) is 62.2 Å². The third kappa shape index (κ3) is 3.08. The monoisotopic (exact) mass is 214 g/mol. The number of carbonyl (C=O) groups is 1. The van der Waals surface area contributed by atoms with E-state index in [0.717, 1.165) is 5.01 Å². The van der Waals surface area contributed by atoms with Crippen LogP contribution in [0.15, 0.2) is 6.20 Å². The lowest BCUT2D eigenvalue weighted by Gasteiger charge is -2.07. The number of nitrogens with zero attached hydrogens (tertiary/aromatic N) is 1. The van der Waals surface area contributed by atoms with Crippen LogP contribution in [0.25, 0.3) is 0 Å². The molecule has 0 saturated carbocycles. The lowest BCUT2D eigenvalue weighted by Crippen LogP contribution is -2.28. The smallest absolute Gasteiger partial charge is 0.263 e. The number of hydrogen-bond acceptors (Lipinski definition) is 4. The Kier molecular flexibility index (Phi) is 4.03. The molecule has 78 valence electrons. The normalized spacial score (nSPS) is 12.5. The summed E-state index contributed by atoms with van der Waals surface area (Å²) in [5.74, 6) is -0.0242. The van der Waals surface area contributed by atoms with Crippen LogP contribution < -0.4 is 5.32 Å². The second kappa shape index (κ2) is 5.07. The van der Waals surface area contributed by atoms with E-state index in [9.17, 15) is 4.79 Å². The molecule has 0 aliphatic carbocycles. The molecule has 2 N–H and O–H groups in total. The summed E-state index contributed by atoms with van der Waals surface area (Å²) in [5.41, 5.74) is 0. The van der Waals surface area contributed by atoms with Crippen LogP contribution in [0.4, 0.5) is 0 Å². The lowest BCUT2D eigenvalue weighted by atomic mass is 10.2. The Hall–Kier alpha value is -0.940. The maximum absolute atomic E-state index is 11.5. The highest BCUT2D eigenvalue weighted by atomic mass is 32.1. The van der Waals surface area contributed by atoms with Gasteiger partial charge in [0, 0.05) is 13.2 Å². The second-order valence-electron chi connectivity index (χ2n) is 3.24. The molecule has 1 aromatic heterocycles. The van der Waals surface area contributed by atoms with Gasteiger partial charge in [0.1, 0.15) is 4.88 Å². The molecular weight excluding hydrogens is 200 g/mol. The third-order valence-corrected chi connectivity index (χ3v) is 2.68. The first kappa shape index (κ1) is 11.1. The fraction of sp³-hybridized carbons (Fsp3) is 0.556. The van der Waals surface area contributed by atoms with Crippen molar-refractivity contribution in [2.75, 3.05) is 13.2 Å². The number of carbonyl (C=O) groups excluding carboxylic acids is 1. The van der Waals surface area contributed by atoms with Gasteiger partial charge in [-0.05, 0) is 12.8 Å². The minimum absolute atomic E-state index is 0.0853. The first-order chi connectivity index (χ1) is 6.63. The van der Waals surface area contributed by atoms with E-state index in [-0.39, 0.29) is 18.4 Å². The van der Waals surface area contributed by atoms with Crippen LogP contribution in [0.1, 0.15) is 21.6 Å². The molecule has 0 aliphatic heterocycles. The molecule has 1 atom stereocenters. The van der Waals surface area contributed by atoms with Gasteiger partial charge in [-0.1, -0.05) is 6.92 Å². The molecular formula is C9H14N2O2S. The number of nitrogens with one attached hydrogen (secondary N) is 1. The summed E-state index contributed by atoms with van der Waals surface area (Å²) >= 11 is 1.37. The average Bonchev–Trinajstić information content (AvgIpc) is 2.60. The van der Waals surface area contributed by atoms with Crippen molar-refractivity contribution in [3.8, 4) is 0 Å². The molecule has 0 spiro atoms. The maximum Gasteiger partial charge on any atom is 0.263 e. The highest BCUT2D eigenvalue weighted by molar-refractivity contribution is 7.13. The van der Waals surface area contributed by atoms with Gasteiger partial charge < -0.3 is 10.4 Å². The van der Waals surface area contributed by atoms with Crippen molar-refractivity contribution in [2.24, 2.45) is 5.92 Å². The first-order valence-electron chi connectivity index (χ1n) is 4.45. The summed E-state index contributed by atoms with van der Waals surface area (Å²) in [6.07, 6.45) is 1.57. The van der Waals surface area contributed by atoms with Gasteiger partial charge in [0.15, 0.2) is 0 Å². The zero-order valence-corrected chi connectivity index (χ0v) is 9.10. The predicted molar refractivity (Wildman–Crippen MR) is 55.4 cm³/mol. The summed E-state index contributed by atoms with van der Waals surface area (Å²) in [6.45, 7) is 4.31. The minimum atomic E-state index is -0.115. The molecule has 1 heterocycles. The zero-order chi connectivity index (χ0) is 10.6. The second-order valence-corrected chi connectivity index (χ2v) is 4.48. The van der Waals surface area contributed by atoms with Crippen molar-refractivity contribution in [2.45, 2.75) is 13.8 Å². The van der Waals surface area contributed by atoms with Crippen LogP contribution in [0, 0.1) is 12.8 Å². The summed E-state index contributed by atoms with van der Waals surface area (Å²) < 4.78 is 0. The molecule has 5 heteroatoms. The van der Waals surface area contributed by atoms with Crippen LogP contribution in [0.5, 0.6) is 0 Å². The van der Waals surface area contributed by atoms with Crippen molar-refractivity contribution >= 4 is 17.2 Å². The molecule has 0 saturated heterocycles. The first-order valence-corrected chi connectivity index (χ1v) is 5.26. The number of rotatable bonds is 4. The fourth-order valence-electron chi connectivity index (χ4n) is 0.885. The van der Waals surface area contributed by atoms with Gasteiger partial charge in [-0.2, -0.15) is 0 Å². The molecule has 1 aromatic rings. The molecule has 0 fully saturated rings. The number of aliphatic hydroxyl groups is 1. The van der Waals surface area contributed by atoms with Crippen molar-refractivity contribution in [3.63, 3.8) is 0 Å². The van der Waals surface area contributed by atoms with E-state index < -0.39 is 0 Å². The van der Waals surface area contributed by atoms with Gasteiger partial charge in [0.2, 0.25) is 0 Å². The van der Waals surface area contributed by atoms with Crippen LogP contribution in [0.2, 0.25) is 0 Å². The van der Waals surface area contributed by atoms with Gasteiger partial charge in [-0.15, -0.1) is 11.3 Å². The van der Waals surface area contributed by atoms with E-state index in [1.54, 1.807) is 6.20 Å². The number of aromatic nitrogens is 1. The van der Waals surface area contributed by atoms with E-state index in [2.05, 4.69) is 10.3 Å². The van der Waals surface area contributed by atoms with Crippen molar-refractivity contribution in [1.29, 1.82) is 0 Å². The van der Waals surface area contributed by atoms with Gasteiger partial charge in [0.25, 0.3) is 5.91 Å². The van der Waals surface area contributed by atoms with Gasteiger partial charge >= 0.3 is 0 Å². The fourth-order valence-corrected chi connectivity index (χ4v) is 1.58. The minimum Gasteiger partial charge on any atom is -0.396 e. The van der Waals surface area contributed by atoms with E-state index in [0.29, 0.717) is 11.4 Å². The van der Waals surface area contributed by atoms with Gasteiger partial charge in [0.05, 0.1) is 11.2 Å². The van der Waals surface area contributed by atoms with Crippen LogP contribution in [-0.2, 0) is 0 Å². The lowest BCUT2D eigenvalue weighted by molar-refractivity contribution is 0.0946.